The number of carboxylic acids is 2. The van der Waals surface area contributed by atoms with Gasteiger partial charge in [-0.1, -0.05) is 24.8 Å². The number of amides is 1. The lowest BCUT2D eigenvalue weighted by molar-refractivity contribution is -0.310. The van der Waals surface area contributed by atoms with E-state index in [0.717, 1.165) is 21.4 Å². The van der Waals surface area contributed by atoms with Crippen molar-refractivity contribution in [3.05, 3.63) is 71.3 Å². The molecular formula is C24H23N5O5-2. The molecule has 1 heterocycles. The van der Waals surface area contributed by atoms with Crippen molar-refractivity contribution in [2.45, 2.75) is 25.3 Å². The van der Waals surface area contributed by atoms with Crippen LogP contribution in [0, 0.1) is 0 Å². The third-order valence-electron chi connectivity index (χ3n) is 5.50. The number of nitrogens with two attached hydrogens (primary N) is 2. The zero-order valence-corrected chi connectivity index (χ0v) is 18.5. The summed E-state index contributed by atoms with van der Waals surface area (Å²) >= 11 is 0. The van der Waals surface area contributed by atoms with Crippen molar-refractivity contribution in [3.8, 4) is 0 Å². The molecule has 0 spiro atoms. The second-order valence-corrected chi connectivity index (χ2v) is 7.86. The van der Waals surface area contributed by atoms with Gasteiger partial charge in [0.25, 0.3) is 5.91 Å². The van der Waals surface area contributed by atoms with Crippen LogP contribution in [0.5, 0.6) is 0 Å². The number of carboxylic acid groups (broad SMARTS) is 2. The first kappa shape index (κ1) is 24.2. The van der Waals surface area contributed by atoms with Gasteiger partial charge in [-0.15, -0.1) is 0 Å². The van der Waals surface area contributed by atoms with Crippen LogP contribution in [0.4, 0.5) is 11.8 Å². The van der Waals surface area contributed by atoms with E-state index in [1.807, 2.05) is 18.2 Å². The molecule has 176 valence electrons. The zero-order chi connectivity index (χ0) is 25.0. The minimum atomic E-state index is -1.58. The Kier molecular flexibility index (Phi) is 7.10. The normalized spacial score (nSPS) is 11.7. The Hall–Kier alpha value is -4.47. The molecule has 0 saturated carbocycles. The van der Waals surface area contributed by atoms with Gasteiger partial charge in [-0.3, -0.25) is 4.79 Å². The molecule has 34 heavy (non-hydrogen) atoms. The molecule has 0 aliphatic heterocycles. The summed E-state index contributed by atoms with van der Waals surface area (Å²) in [6, 6.07) is 10.9. The highest BCUT2D eigenvalue weighted by atomic mass is 16.4. The van der Waals surface area contributed by atoms with Crippen molar-refractivity contribution in [2.24, 2.45) is 0 Å². The van der Waals surface area contributed by atoms with Crippen molar-refractivity contribution < 1.29 is 24.6 Å². The molecule has 0 aliphatic carbocycles. The number of aromatic nitrogens is 2. The quantitative estimate of drug-likeness (QED) is 0.396. The predicted octanol–water partition coefficient (Wildman–Crippen LogP) is -0.534. The molecule has 3 rings (SSSR count). The van der Waals surface area contributed by atoms with E-state index in [2.05, 4.69) is 16.5 Å². The van der Waals surface area contributed by atoms with Gasteiger partial charge >= 0.3 is 0 Å². The fraction of sp³-hybridized carbons (Fsp3) is 0.208. The van der Waals surface area contributed by atoms with Crippen molar-refractivity contribution in [1.29, 1.82) is 0 Å². The average Bonchev–Trinajstić information content (AvgIpc) is 2.80. The number of aliphatic carboxylic acids is 2. The molecule has 1 aromatic heterocycles. The number of nitrogens with zero attached hydrogens (tertiary/aromatic N) is 3. The number of hydrogen-bond donors (Lipinski definition) is 2. The number of carbonyl (C=O) groups excluding carboxylic acids is 3. The number of likely N-dealkylation sites (N-methyl/N-ethyl adjacent to an activating group) is 1. The van der Waals surface area contributed by atoms with Crippen LogP contribution in [0.2, 0.25) is 0 Å². The summed E-state index contributed by atoms with van der Waals surface area (Å²) in [5, 5.41) is 23.0. The van der Waals surface area contributed by atoms with Gasteiger partial charge in [0.1, 0.15) is 5.82 Å². The largest absolute Gasteiger partial charge is 0.548 e. The summed E-state index contributed by atoms with van der Waals surface area (Å²) in [7, 11) is 1.27. The summed E-state index contributed by atoms with van der Waals surface area (Å²) in [5.74, 6) is -3.32. The lowest BCUT2D eigenvalue weighted by Crippen LogP contribution is -2.49. The van der Waals surface area contributed by atoms with E-state index in [1.165, 1.54) is 7.05 Å². The molecule has 0 radical (unpaired) electrons. The molecule has 10 nitrogen and oxygen atoms in total. The van der Waals surface area contributed by atoms with Crippen molar-refractivity contribution in [1.82, 2.24) is 14.9 Å². The number of carbonyl (C=O) groups is 3. The lowest BCUT2D eigenvalue weighted by atomic mass is 10.0. The molecule has 4 N–H and O–H groups in total. The van der Waals surface area contributed by atoms with Crippen LogP contribution >= 0.6 is 0 Å². The first-order valence-corrected chi connectivity index (χ1v) is 10.3. The number of rotatable bonds is 9. The van der Waals surface area contributed by atoms with Gasteiger partial charge in [-0.05, 0) is 60.2 Å². The second-order valence-electron chi connectivity index (χ2n) is 7.86. The minimum absolute atomic E-state index is 0.118. The van der Waals surface area contributed by atoms with Crippen LogP contribution in [0.15, 0.2) is 54.6 Å². The van der Waals surface area contributed by atoms with Crippen molar-refractivity contribution in [3.63, 3.8) is 0 Å². The topological polar surface area (TPSA) is 178 Å². The van der Waals surface area contributed by atoms with Crippen LogP contribution < -0.4 is 21.7 Å². The number of fused-ring (bicyclic) bond motifs is 1. The molecular weight excluding hydrogens is 438 g/mol. The standard InChI is InChI=1S/C24H25N5O5/c1-13(22(31)32)11-19(23(33)34)29(2)21(30)16-8-5-14(6-9-16)3-4-15-7-10-18-17(12-15)20(25)28-24(26)27-18/h5-10,12,19H,1,3-4,11H2,2H3,(H,31,32)(H,33,34)(H4,25,26,27,28)/p-2/t19-/m0/s1. The highest BCUT2D eigenvalue weighted by Crippen LogP contribution is 2.21. The highest BCUT2D eigenvalue weighted by molar-refractivity contribution is 5.97. The smallest absolute Gasteiger partial charge is 0.254 e. The van der Waals surface area contributed by atoms with Gasteiger partial charge < -0.3 is 36.2 Å². The van der Waals surface area contributed by atoms with Gasteiger partial charge in [0, 0.05) is 18.0 Å². The Morgan fingerprint density at radius 3 is 2.24 bits per heavy atom. The molecule has 0 unspecified atom stereocenters. The van der Waals surface area contributed by atoms with Gasteiger partial charge in [-0.2, -0.15) is 4.98 Å². The van der Waals surface area contributed by atoms with E-state index in [1.54, 1.807) is 24.3 Å². The minimum Gasteiger partial charge on any atom is -0.548 e. The monoisotopic (exact) mass is 461 g/mol. The van der Waals surface area contributed by atoms with Gasteiger partial charge in [-0.25, -0.2) is 4.98 Å². The second kappa shape index (κ2) is 9.99. The molecule has 0 fully saturated rings. The van der Waals surface area contributed by atoms with Crippen molar-refractivity contribution in [2.75, 3.05) is 18.5 Å². The molecule has 10 heteroatoms. The van der Waals surface area contributed by atoms with Crippen molar-refractivity contribution >= 4 is 40.5 Å². The number of anilines is 2. The summed E-state index contributed by atoms with van der Waals surface area (Å²) in [4.78, 5) is 44.1. The molecule has 0 saturated heterocycles. The third kappa shape index (κ3) is 5.47. The predicted molar refractivity (Wildman–Crippen MR) is 122 cm³/mol. The van der Waals surface area contributed by atoms with Crippen LogP contribution in [-0.2, 0) is 22.4 Å². The van der Waals surface area contributed by atoms with E-state index in [0.29, 0.717) is 24.2 Å². The highest BCUT2D eigenvalue weighted by Gasteiger charge is 2.23. The van der Waals surface area contributed by atoms with Crippen LogP contribution in [0.25, 0.3) is 10.9 Å². The summed E-state index contributed by atoms with van der Waals surface area (Å²) in [6.07, 6.45) is 0.878. The van der Waals surface area contributed by atoms with E-state index in [-0.39, 0.29) is 11.5 Å². The summed E-state index contributed by atoms with van der Waals surface area (Å²) in [6.45, 7) is 3.26. The average molecular weight is 461 g/mol. The summed E-state index contributed by atoms with van der Waals surface area (Å²) in [5.41, 5.74) is 14.0. The summed E-state index contributed by atoms with van der Waals surface area (Å²) < 4.78 is 0. The van der Waals surface area contributed by atoms with Crippen LogP contribution in [-0.4, -0.2) is 45.8 Å². The fourth-order valence-electron chi connectivity index (χ4n) is 3.52. The van der Waals surface area contributed by atoms with Gasteiger partial charge in [0.05, 0.1) is 23.5 Å². The van der Waals surface area contributed by atoms with Gasteiger partial charge in [0.15, 0.2) is 0 Å². The zero-order valence-electron chi connectivity index (χ0n) is 18.5. The Morgan fingerprint density at radius 2 is 1.62 bits per heavy atom. The molecule has 1 amide bonds. The number of aryl methyl sites for hydroxylation is 2. The first-order valence-electron chi connectivity index (χ1n) is 10.3. The number of nitrogen functional groups attached to an aromatic ring is 2. The first-order chi connectivity index (χ1) is 16.1. The molecule has 1 atom stereocenters. The Bertz CT molecular complexity index is 1270. The maximum atomic E-state index is 12.7. The Morgan fingerprint density at radius 1 is 1.00 bits per heavy atom. The molecule has 3 aromatic rings. The molecule has 0 aliphatic rings. The SMILES string of the molecule is C=C(C[C@@H](C(=O)[O-])N(C)C(=O)c1ccc(CCc2ccc3nc(N)nc(N)c3c2)cc1)C(=O)[O-]. The molecule has 0 bridgehead atoms. The third-order valence-corrected chi connectivity index (χ3v) is 5.50. The maximum Gasteiger partial charge on any atom is 0.254 e. The fourth-order valence-corrected chi connectivity index (χ4v) is 3.52. The Labute approximate surface area is 195 Å². The van der Waals surface area contributed by atoms with Crippen LogP contribution in [0.1, 0.15) is 27.9 Å². The van der Waals surface area contributed by atoms with Crippen LogP contribution in [0.3, 0.4) is 0 Å². The van der Waals surface area contributed by atoms with E-state index in [4.69, 9.17) is 11.5 Å². The molecule has 2 aromatic carbocycles. The number of benzene rings is 2. The van der Waals surface area contributed by atoms with E-state index in [9.17, 15) is 24.6 Å². The van der Waals surface area contributed by atoms with E-state index >= 15 is 0 Å². The maximum absolute atomic E-state index is 12.7. The lowest BCUT2D eigenvalue weighted by Gasteiger charge is -2.30. The number of hydrogen-bond acceptors (Lipinski definition) is 9. The Balaban J connectivity index is 1.67. The van der Waals surface area contributed by atoms with E-state index < -0.39 is 35.9 Å². The van der Waals surface area contributed by atoms with Gasteiger partial charge in [0.2, 0.25) is 5.95 Å².